The zero-order valence-corrected chi connectivity index (χ0v) is 24.1. The molecule has 7 nitrogen and oxygen atoms in total. The molecule has 2 aliphatic rings. The number of Topliss-reactive ketones (excluding diaryl/α,β-unsaturated/α-hetero) is 1. The number of carbonyl (C=O) groups is 2. The normalized spacial score (nSPS) is 16.6. The summed E-state index contributed by atoms with van der Waals surface area (Å²) in [5, 5.41) is 14.5. The van der Waals surface area contributed by atoms with Crippen LogP contribution in [0.5, 0.6) is 0 Å². The van der Waals surface area contributed by atoms with E-state index in [1.165, 1.54) is 20.8 Å². The van der Waals surface area contributed by atoms with E-state index in [4.69, 9.17) is 15.6 Å². The highest BCUT2D eigenvalue weighted by Crippen LogP contribution is 2.47. The molecule has 216 valence electrons. The monoisotopic (exact) mass is 602 g/mol. The van der Waals surface area contributed by atoms with E-state index in [0.717, 1.165) is 52.9 Å². The van der Waals surface area contributed by atoms with E-state index in [0.29, 0.717) is 6.54 Å². The van der Waals surface area contributed by atoms with Gasteiger partial charge in [0.2, 0.25) is 5.52 Å². The minimum absolute atomic E-state index is 0.0930. The molecule has 0 saturated heterocycles. The lowest BCUT2D eigenvalue weighted by molar-refractivity contribution is -0.665. The number of allylic oxidation sites excluding steroid dienone is 3. The molecule has 3 aromatic rings. The number of benzene rings is 2. The molecule has 1 aliphatic carbocycles. The van der Waals surface area contributed by atoms with E-state index in [1.807, 2.05) is 0 Å². The number of aromatic nitrogens is 1. The number of carboxylic acids is 1. The highest BCUT2D eigenvalue weighted by molar-refractivity contribution is 8.03. The number of ketones is 1. The molecule has 0 amide bonds. The minimum Gasteiger partial charge on any atom is -0.542 e. The maximum absolute atomic E-state index is 13.4. The number of thiazole rings is 1. The molecule has 0 saturated carbocycles. The number of thioether (sulfide) groups is 1. The van der Waals surface area contributed by atoms with Gasteiger partial charge >= 0.3 is 6.18 Å². The van der Waals surface area contributed by atoms with Crippen molar-refractivity contribution in [3.8, 4) is 0 Å². The average molecular weight is 603 g/mol. The number of fused-ring (bicyclic) bond motifs is 2. The van der Waals surface area contributed by atoms with Crippen molar-refractivity contribution in [2.45, 2.75) is 37.9 Å². The quantitative estimate of drug-likeness (QED) is 0.227. The molecule has 41 heavy (non-hydrogen) atoms. The van der Waals surface area contributed by atoms with Crippen LogP contribution in [0.25, 0.3) is 16.3 Å². The minimum atomic E-state index is -5.19. The number of nitrogens with two attached hydrogens (primary N) is 1. The molecule has 0 spiro atoms. The first-order valence-corrected chi connectivity index (χ1v) is 14.6. The molecule has 1 aromatic heterocycles. The zero-order chi connectivity index (χ0) is 29.7. The van der Waals surface area contributed by atoms with E-state index in [-0.39, 0.29) is 5.78 Å². The number of anilines is 1. The number of nitrogens with zero attached hydrogens (tertiary/aromatic N) is 2. The second-order valence-corrected chi connectivity index (χ2v) is 11.1. The van der Waals surface area contributed by atoms with Crippen molar-refractivity contribution in [3.05, 3.63) is 81.5 Å². The number of carbonyl (C=O) groups excluding carboxylic acids is 2. The standard InChI is InChI=1S/C27H28N4OS2.C2HF3O2/c1-3-30-20-10-5-7-12-22(20)33-24(30)16-18-26(29-15-9-14-28)19(27(18)32)17-25-31(4-2)21-11-6-8-13-23(21)34-25;3-2(4,5)1(6)7/h5-8,10-13,16-17H,3-4,9,14-15,28H2,1-2H3;(H,6,7). The van der Waals surface area contributed by atoms with Crippen LogP contribution < -0.4 is 25.6 Å². The Labute approximate surface area is 243 Å². The number of halogens is 3. The summed E-state index contributed by atoms with van der Waals surface area (Å²) in [7, 11) is 0. The van der Waals surface area contributed by atoms with Gasteiger partial charge in [0.05, 0.1) is 22.0 Å². The number of aliphatic carboxylic acids is 1. The number of carboxylic acid groups (broad SMARTS) is 1. The van der Waals surface area contributed by atoms with Crippen molar-refractivity contribution in [1.29, 1.82) is 0 Å². The predicted molar refractivity (Wildman–Crippen MR) is 154 cm³/mol. The fourth-order valence-corrected chi connectivity index (χ4v) is 6.79. The first-order valence-electron chi connectivity index (χ1n) is 13.0. The molecule has 0 radical (unpaired) electrons. The average Bonchev–Trinajstić information content (AvgIpc) is 3.50. The number of hydrogen-bond donors (Lipinski definition) is 2. The third kappa shape index (κ3) is 6.50. The topological polar surface area (TPSA) is 102 Å². The van der Waals surface area contributed by atoms with Crippen molar-refractivity contribution in [1.82, 2.24) is 5.32 Å². The lowest BCUT2D eigenvalue weighted by Gasteiger charge is -2.26. The van der Waals surface area contributed by atoms with Crippen LogP contribution in [-0.2, 0) is 16.1 Å². The SMILES string of the molecule is CCN1C(=CC2=C(NCCCN)/C(=C/c3sc4ccccc4[n+]3CC)C2=O)Sc2ccccc21.O=C([O-])C(F)(F)F. The molecule has 3 N–H and O–H groups in total. The number of aryl methyl sites for hydroxylation is 1. The second-order valence-electron chi connectivity index (χ2n) is 8.98. The molecule has 2 heterocycles. The highest BCUT2D eigenvalue weighted by atomic mass is 32.2. The predicted octanol–water partition coefficient (Wildman–Crippen LogP) is 4.14. The van der Waals surface area contributed by atoms with Gasteiger partial charge in [0.1, 0.15) is 17.2 Å². The molecule has 2 aromatic carbocycles. The van der Waals surface area contributed by atoms with Crippen LogP contribution in [0.2, 0.25) is 0 Å². The number of hydrogen-bond acceptors (Lipinski definition) is 8. The summed E-state index contributed by atoms with van der Waals surface area (Å²) in [6.45, 7) is 7.36. The summed E-state index contributed by atoms with van der Waals surface area (Å²) in [4.78, 5) is 25.7. The third-order valence-corrected chi connectivity index (χ3v) is 8.61. The van der Waals surface area contributed by atoms with Crippen molar-refractivity contribution in [2.24, 2.45) is 5.73 Å². The van der Waals surface area contributed by atoms with E-state index >= 15 is 0 Å². The Balaban J connectivity index is 0.000000493. The summed E-state index contributed by atoms with van der Waals surface area (Å²) in [5.41, 5.74) is 10.6. The Morgan fingerprint density at radius 2 is 1.80 bits per heavy atom. The molecule has 0 fully saturated rings. The zero-order valence-electron chi connectivity index (χ0n) is 22.5. The fourth-order valence-electron chi connectivity index (χ4n) is 4.46. The number of alkyl halides is 3. The van der Waals surface area contributed by atoms with Crippen LogP contribution in [0.1, 0.15) is 25.3 Å². The van der Waals surface area contributed by atoms with E-state index in [1.54, 1.807) is 23.1 Å². The van der Waals surface area contributed by atoms with E-state index in [2.05, 4.69) is 89.3 Å². The molecule has 5 rings (SSSR count). The Hall–Kier alpha value is -3.61. The number of para-hydroxylation sites is 2. The van der Waals surface area contributed by atoms with Gasteiger partial charge < -0.3 is 25.9 Å². The molecule has 0 unspecified atom stereocenters. The molecule has 1 aliphatic heterocycles. The van der Waals surface area contributed by atoms with Crippen molar-refractivity contribution >= 4 is 56.8 Å². The van der Waals surface area contributed by atoms with Crippen LogP contribution in [-0.4, -0.2) is 37.6 Å². The highest BCUT2D eigenvalue weighted by Gasteiger charge is 2.35. The second kappa shape index (κ2) is 12.9. The van der Waals surface area contributed by atoms with Crippen molar-refractivity contribution in [3.63, 3.8) is 0 Å². The summed E-state index contributed by atoms with van der Waals surface area (Å²) in [6.07, 6.45) is -0.233. The van der Waals surface area contributed by atoms with Crippen LogP contribution in [0.4, 0.5) is 18.9 Å². The van der Waals surface area contributed by atoms with E-state index < -0.39 is 12.1 Å². The Morgan fingerprint density at radius 1 is 1.12 bits per heavy atom. The molecular formula is C29H29F3N4O3S2. The maximum atomic E-state index is 13.4. The van der Waals surface area contributed by atoms with Crippen LogP contribution in [0.15, 0.2) is 81.4 Å². The fraction of sp³-hybridized carbons (Fsp3) is 0.276. The van der Waals surface area contributed by atoms with Gasteiger partial charge in [0, 0.05) is 35.7 Å². The summed E-state index contributed by atoms with van der Waals surface area (Å²) in [6, 6.07) is 16.8. The first-order chi connectivity index (χ1) is 19.6. The van der Waals surface area contributed by atoms with Gasteiger partial charge in [-0.05, 0) is 51.1 Å². The van der Waals surface area contributed by atoms with Gasteiger partial charge in [-0.2, -0.15) is 17.7 Å². The summed E-state index contributed by atoms with van der Waals surface area (Å²) in [5.74, 6) is -2.91. The van der Waals surface area contributed by atoms with Crippen LogP contribution >= 0.6 is 23.1 Å². The van der Waals surface area contributed by atoms with Crippen molar-refractivity contribution in [2.75, 3.05) is 24.5 Å². The Morgan fingerprint density at radius 3 is 2.46 bits per heavy atom. The summed E-state index contributed by atoms with van der Waals surface area (Å²) < 4.78 is 35.1. The lowest BCUT2D eigenvalue weighted by Crippen LogP contribution is -2.37. The molecule has 0 bridgehead atoms. The number of rotatable bonds is 8. The van der Waals surface area contributed by atoms with Gasteiger partial charge in [-0.25, -0.2) is 0 Å². The third-order valence-electron chi connectivity index (χ3n) is 6.38. The van der Waals surface area contributed by atoms with Crippen LogP contribution in [0.3, 0.4) is 0 Å². The van der Waals surface area contributed by atoms with Gasteiger partial charge in [-0.3, -0.25) is 4.79 Å². The summed E-state index contributed by atoms with van der Waals surface area (Å²) >= 11 is 3.45. The Bertz CT molecular complexity index is 1560. The first kappa shape index (κ1) is 30.4. The maximum Gasteiger partial charge on any atom is 0.430 e. The Kier molecular flexibility index (Phi) is 9.57. The van der Waals surface area contributed by atoms with Crippen molar-refractivity contribution < 1.29 is 32.4 Å². The van der Waals surface area contributed by atoms with E-state index in [9.17, 15) is 18.0 Å². The molecular weight excluding hydrogens is 573 g/mol. The molecule has 0 atom stereocenters. The molecule has 12 heteroatoms. The smallest absolute Gasteiger partial charge is 0.430 e. The van der Waals surface area contributed by atoms with Crippen LogP contribution in [0, 0.1) is 0 Å². The van der Waals surface area contributed by atoms with Gasteiger partial charge in [-0.1, -0.05) is 47.4 Å². The van der Waals surface area contributed by atoms with Gasteiger partial charge in [-0.15, -0.1) is 0 Å². The number of nitrogens with one attached hydrogen (secondary N) is 1. The largest absolute Gasteiger partial charge is 0.542 e. The lowest BCUT2D eigenvalue weighted by atomic mass is 9.85. The van der Waals surface area contributed by atoms with Gasteiger partial charge in [0.15, 0.2) is 5.78 Å². The van der Waals surface area contributed by atoms with Gasteiger partial charge in [0.25, 0.3) is 5.01 Å².